The van der Waals surface area contributed by atoms with Crippen LogP contribution in [-0.4, -0.2) is 35.1 Å². The highest BCUT2D eigenvalue weighted by Crippen LogP contribution is 2.15. The van der Waals surface area contributed by atoms with Crippen molar-refractivity contribution in [1.29, 1.82) is 0 Å². The summed E-state index contributed by atoms with van der Waals surface area (Å²) in [6.07, 6.45) is 3.45. The predicted molar refractivity (Wildman–Crippen MR) is 90.7 cm³/mol. The molecular formula is C16H23N3OS. The highest BCUT2D eigenvalue weighted by atomic mass is 32.1. The SMILES string of the molecule is CC(C)NC(=S)Nc1ccc(C(=O)N2CCCCC2)cc1. The Morgan fingerprint density at radius 2 is 1.76 bits per heavy atom. The normalized spacial score (nSPS) is 14.9. The van der Waals surface area contributed by atoms with E-state index in [1.807, 2.05) is 43.0 Å². The molecule has 114 valence electrons. The van der Waals surface area contributed by atoms with Crippen LogP contribution in [0, 0.1) is 0 Å². The topological polar surface area (TPSA) is 44.4 Å². The van der Waals surface area contributed by atoms with Crippen LogP contribution in [0.25, 0.3) is 0 Å². The van der Waals surface area contributed by atoms with Crippen molar-refractivity contribution in [3.63, 3.8) is 0 Å². The summed E-state index contributed by atoms with van der Waals surface area (Å²) in [5.41, 5.74) is 1.63. The lowest BCUT2D eigenvalue weighted by Gasteiger charge is -2.26. The van der Waals surface area contributed by atoms with Crippen LogP contribution in [0.4, 0.5) is 5.69 Å². The summed E-state index contributed by atoms with van der Waals surface area (Å²) < 4.78 is 0. The third kappa shape index (κ3) is 4.70. The Kier molecular flexibility index (Phi) is 5.56. The van der Waals surface area contributed by atoms with E-state index in [4.69, 9.17) is 12.2 Å². The molecule has 0 unspecified atom stereocenters. The van der Waals surface area contributed by atoms with Crippen LogP contribution in [0.5, 0.6) is 0 Å². The number of piperidine rings is 1. The second-order valence-corrected chi connectivity index (χ2v) is 6.09. The number of hydrogen-bond donors (Lipinski definition) is 2. The molecular weight excluding hydrogens is 282 g/mol. The summed E-state index contributed by atoms with van der Waals surface area (Å²) >= 11 is 5.20. The molecule has 0 saturated carbocycles. The standard InChI is InChI=1S/C16H23N3OS/c1-12(2)17-16(21)18-14-8-6-13(7-9-14)15(20)19-10-4-3-5-11-19/h6-9,12H,3-5,10-11H2,1-2H3,(H2,17,18,21). The van der Waals surface area contributed by atoms with Gasteiger partial charge in [-0.3, -0.25) is 4.79 Å². The van der Waals surface area contributed by atoms with E-state index in [1.54, 1.807) is 0 Å². The van der Waals surface area contributed by atoms with Gasteiger partial charge in [0.1, 0.15) is 0 Å². The van der Waals surface area contributed by atoms with Gasteiger partial charge in [-0.1, -0.05) is 0 Å². The van der Waals surface area contributed by atoms with Crippen molar-refractivity contribution in [2.45, 2.75) is 39.2 Å². The Hall–Kier alpha value is -1.62. The second-order valence-electron chi connectivity index (χ2n) is 5.68. The van der Waals surface area contributed by atoms with Crippen LogP contribution in [-0.2, 0) is 0 Å². The van der Waals surface area contributed by atoms with Crippen LogP contribution < -0.4 is 10.6 Å². The summed E-state index contributed by atoms with van der Waals surface area (Å²) in [4.78, 5) is 14.3. The third-order valence-electron chi connectivity index (χ3n) is 3.45. The average Bonchev–Trinajstić information content (AvgIpc) is 2.47. The fourth-order valence-electron chi connectivity index (χ4n) is 2.41. The van der Waals surface area contributed by atoms with Crippen LogP contribution in [0.2, 0.25) is 0 Å². The summed E-state index contributed by atoms with van der Waals surface area (Å²) in [6.45, 7) is 5.82. The fourth-order valence-corrected chi connectivity index (χ4v) is 2.76. The average molecular weight is 305 g/mol. The minimum atomic E-state index is 0.129. The second kappa shape index (κ2) is 7.41. The molecule has 1 aromatic rings. The van der Waals surface area contributed by atoms with Gasteiger partial charge in [-0.2, -0.15) is 0 Å². The van der Waals surface area contributed by atoms with Gasteiger partial charge in [-0.05, 0) is 69.6 Å². The molecule has 2 rings (SSSR count). The number of thiocarbonyl (C=S) groups is 1. The zero-order valence-corrected chi connectivity index (χ0v) is 13.5. The van der Waals surface area contributed by atoms with Crippen molar-refractivity contribution >= 4 is 28.9 Å². The van der Waals surface area contributed by atoms with Crippen molar-refractivity contribution in [2.75, 3.05) is 18.4 Å². The van der Waals surface area contributed by atoms with E-state index in [0.29, 0.717) is 11.2 Å². The first kappa shape index (κ1) is 15.8. The molecule has 1 saturated heterocycles. The number of nitrogens with one attached hydrogen (secondary N) is 2. The number of carbonyl (C=O) groups excluding carboxylic acids is 1. The molecule has 1 fully saturated rings. The van der Waals surface area contributed by atoms with E-state index in [0.717, 1.165) is 37.2 Å². The molecule has 5 heteroatoms. The molecule has 1 aromatic carbocycles. The molecule has 1 amide bonds. The van der Waals surface area contributed by atoms with Crippen molar-refractivity contribution < 1.29 is 4.79 Å². The van der Waals surface area contributed by atoms with E-state index in [1.165, 1.54) is 6.42 Å². The quantitative estimate of drug-likeness (QED) is 0.843. The van der Waals surface area contributed by atoms with E-state index >= 15 is 0 Å². The number of hydrogen-bond acceptors (Lipinski definition) is 2. The lowest BCUT2D eigenvalue weighted by Crippen LogP contribution is -2.35. The lowest BCUT2D eigenvalue weighted by atomic mass is 10.1. The van der Waals surface area contributed by atoms with E-state index < -0.39 is 0 Å². The first-order valence-electron chi connectivity index (χ1n) is 7.53. The number of rotatable bonds is 3. The van der Waals surface area contributed by atoms with Crippen molar-refractivity contribution in [1.82, 2.24) is 10.2 Å². The molecule has 0 radical (unpaired) electrons. The first-order valence-corrected chi connectivity index (χ1v) is 7.94. The third-order valence-corrected chi connectivity index (χ3v) is 3.67. The van der Waals surface area contributed by atoms with E-state index in [-0.39, 0.29) is 5.91 Å². The maximum absolute atomic E-state index is 12.3. The van der Waals surface area contributed by atoms with E-state index in [9.17, 15) is 4.79 Å². The summed E-state index contributed by atoms with van der Waals surface area (Å²) in [6, 6.07) is 7.80. The Labute approximate surface area is 131 Å². The number of carbonyl (C=O) groups is 1. The highest BCUT2D eigenvalue weighted by molar-refractivity contribution is 7.80. The number of nitrogens with zero attached hydrogens (tertiary/aromatic N) is 1. The predicted octanol–water partition coefficient (Wildman–Crippen LogP) is 3.01. The van der Waals surface area contributed by atoms with Crippen LogP contribution in [0.1, 0.15) is 43.5 Å². The summed E-state index contributed by atoms with van der Waals surface area (Å²) in [5, 5.41) is 6.84. The Morgan fingerprint density at radius 1 is 1.14 bits per heavy atom. The molecule has 1 aliphatic rings. The monoisotopic (exact) mass is 305 g/mol. The largest absolute Gasteiger partial charge is 0.360 e. The minimum absolute atomic E-state index is 0.129. The van der Waals surface area contributed by atoms with Gasteiger partial charge in [0.05, 0.1) is 0 Å². The fraction of sp³-hybridized carbons (Fsp3) is 0.500. The zero-order chi connectivity index (χ0) is 15.2. The Bertz CT molecular complexity index is 493. The highest BCUT2D eigenvalue weighted by Gasteiger charge is 2.17. The van der Waals surface area contributed by atoms with Crippen molar-refractivity contribution in [2.24, 2.45) is 0 Å². The van der Waals surface area contributed by atoms with Gasteiger partial charge in [0.25, 0.3) is 5.91 Å². The molecule has 21 heavy (non-hydrogen) atoms. The molecule has 2 N–H and O–H groups in total. The zero-order valence-electron chi connectivity index (χ0n) is 12.7. The minimum Gasteiger partial charge on any atom is -0.360 e. The molecule has 0 bridgehead atoms. The van der Waals surface area contributed by atoms with Crippen LogP contribution >= 0.6 is 12.2 Å². The Morgan fingerprint density at radius 3 is 2.33 bits per heavy atom. The maximum Gasteiger partial charge on any atom is 0.253 e. The van der Waals surface area contributed by atoms with Gasteiger partial charge >= 0.3 is 0 Å². The number of anilines is 1. The van der Waals surface area contributed by atoms with Crippen molar-refractivity contribution in [3.05, 3.63) is 29.8 Å². The maximum atomic E-state index is 12.3. The molecule has 4 nitrogen and oxygen atoms in total. The van der Waals surface area contributed by atoms with E-state index in [2.05, 4.69) is 10.6 Å². The molecule has 0 spiro atoms. The lowest BCUT2D eigenvalue weighted by molar-refractivity contribution is 0.0724. The van der Waals surface area contributed by atoms with Gasteiger partial charge in [0, 0.05) is 30.4 Å². The summed E-state index contributed by atoms with van der Waals surface area (Å²) in [5.74, 6) is 0.129. The number of benzene rings is 1. The van der Waals surface area contributed by atoms with Crippen LogP contribution in [0.3, 0.4) is 0 Å². The number of likely N-dealkylation sites (tertiary alicyclic amines) is 1. The van der Waals surface area contributed by atoms with Gasteiger partial charge in [-0.15, -0.1) is 0 Å². The molecule has 0 atom stereocenters. The van der Waals surface area contributed by atoms with Crippen LogP contribution in [0.15, 0.2) is 24.3 Å². The summed E-state index contributed by atoms with van der Waals surface area (Å²) in [7, 11) is 0. The Balaban J connectivity index is 1.95. The first-order chi connectivity index (χ1) is 10.1. The molecule has 1 heterocycles. The van der Waals surface area contributed by atoms with Gasteiger partial charge in [0.15, 0.2) is 5.11 Å². The van der Waals surface area contributed by atoms with Gasteiger partial charge < -0.3 is 15.5 Å². The van der Waals surface area contributed by atoms with Gasteiger partial charge in [0.2, 0.25) is 0 Å². The van der Waals surface area contributed by atoms with Gasteiger partial charge in [-0.25, -0.2) is 0 Å². The molecule has 0 aromatic heterocycles. The number of amides is 1. The van der Waals surface area contributed by atoms with Crippen molar-refractivity contribution in [3.8, 4) is 0 Å². The molecule has 0 aliphatic carbocycles. The smallest absolute Gasteiger partial charge is 0.253 e. The molecule has 1 aliphatic heterocycles.